The van der Waals surface area contributed by atoms with Crippen molar-refractivity contribution in [2.45, 2.75) is 50.7 Å². The first-order valence-corrected chi connectivity index (χ1v) is 10.3. The van der Waals surface area contributed by atoms with E-state index in [1.807, 2.05) is 13.8 Å². The van der Waals surface area contributed by atoms with Crippen LogP contribution in [-0.4, -0.2) is 49.8 Å². The molecule has 1 aromatic carbocycles. The summed E-state index contributed by atoms with van der Waals surface area (Å²) < 4.78 is 44.6. The molecular formula is C18H25FN2O5S. The standard InChI is InChI=1S/C18H25FN2O5S/c1-12(2)20-17(22)13(3)26-18(23)14-8-10-21(11-9-14)27(24,25)16-6-4-15(19)5-7-16/h4-7,12-14H,8-11H2,1-3H3,(H,20,22). The predicted octanol–water partition coefficient (Wildman–Crippen LogP) is 1.68. The lowest BCUT2D eigenvalue weighted by Crippen LogP contribution is -2.43. The van der Waals surface area contributed by atoms with Gasteiger partial charge in [-0.25, -0.2) is 12.8 Å². The molecule has 9 heteroatoms. The number of halogens is 1. The molecule has 1 fully saturated rings. The second kappa shape index (κ2) is 8.79. The van der Waals surface area contributed by atoms with E-state index in [1.54, 1.807) is 0 Å². The lowest BCUT2D eigenvalue weighted by Gasteiger charge is -2.30. The molecule has 0 radical (unpaired) electrons. The first-order chi connectivity index (χ1) is 12.6. The van der Waals surface area contributed by atoms with Crippen LogP contribution < -0.4 is 5.32 Å². The summed E-state index contributed by atoms with van der Waals surface area (Å²) in [6.07, 6.45) is -0.295. The second-order valence-corrected chi connectivity index (χ2v) is 8.81. The number of ether oxygens (including phenoxy) is 1. The molecule has 150 valence electrons. The zero-order chi connectivity index (χ0) is 20.2. The van der Waals surface area contributed by atoms with E-state index in [1.165, 1.54) is 23.4 Å². The van der Waals surface area contributed by atoms with E-state index in [9.17, 15) is 22.4 Å². The fourth-order valence-corrected chi connectivity index (χ4v) is 4.28. The Kier molecular flexibility index (Phi) is 6.94. The Labute approximate surface area is 158 Å². The third kappa shape index (κ3) is 5.49. The van der Waals surface area contributed by atoms with E-state index in [0.717, 1.165) is 12.1 Å². The Morgan fingerprint density at radius 3 is 2.22 bits per heavy atom. The predicted molar refractivity (Wildman–Crippen MR) is 96.7 cm³/mol. The molecule has 0 aliphatic carbocycles. The van der Waals surface area contributed by atoms with Crippen LogP contribution in [0.3, 0.4) is 0 Å². The minimum atomic E-state index is -3.73. The molecule has 0 saturated carbocycles. The number of amides is 1. The van der Waals surface area contributed by atoms with Gasteiger partial charge in [-0.2, -0.15) is 4.31 Å². The molecular weight excluding hydrogens is 375 g/mol. The third-order valence-electron chi connectivity index (χ3n) is 4.33. The van der Waals surface area contributed by atoms with Crippen molar-refractivity contribution in [3.05, 3.63) is 30.1 Å². The van der Waals surface area contributed by atoms with Crippen molar-refractivity contribution in [3.8, 4) is 0 Å². The summed E-state index contributed by atoms with van der Waals surface area (Å²) in [5, 5.41) is 2.67. The molecule has 1 N–H and O–H groups in total. The number of hydrogen-bond acceptors (Lipinski definition) is 5. The zero-order valence-corrected chi connectivity index (χ0v) is 16.5. The molecule has 27 heavy (non-hydrogen) atoms. The van der Waals surface area contributed by atoms with E-state index in [0.29, 0.717) is 12.8 Å². The average Bonchev–Trinajstić information content (AvgIpc) is 2.61. The molecule has 1 saturated heterocycles. The normalized spacial score (nSPS) is 17.5. The number of sulfonamides is 1. The number of carbonyl (C=O) groups excluding carboxylic acids is 2. The third-order valence-corrected chi connectivity index (χ3v) is 6.24. The van der Waals surface area contributed by atoms with Crippen molar-refractivity contribution in [3.63, 3.8) is 0 Å². The Morgan fingerprint density at radius 2 is 1.70 bits per heavy atom. The van der Waals surface area contributed by atoms with Crippen molar-refractivity contribution < 1.29 is 27.1 Å². The number of nitrogens with one attached hydrogen (secondary N) is 1. The molecule has 2 rings (SSSR count). The minimum Gasteiger partial charge on any atom is -0.452 e. The molecule has 1 amide bonds. The highest BCUT2D eigenvalue weighted by Crippen LogP contribution is 2.25. The van der Waals surface area contributed by atoms with Crippen LogP contribution in [-0.2, 0) is 24.3 Å². The molecule has 0 bridgehead atoms. The Bertz CT molecular complexity index is 771. The number of carbonyl (C=O) groups is 2. The van der Waals surface area contributed by atoms with E-state index < -0.39 is 33.8 Å². The van der Waals surface area contributed by atoms with Gasteiger partial charge in [0, 0.05) is 19.1 Å². The Hall–Kier alpha value is -2.00. The lowest BCUT2D eigenvalue weighted by atomic mass is 9.98. The summed E-state index contributed by atoms with van der Waals surface area (Å²) >= 11 is 0. The van der Waals surface area contributed by atoms with Gasteiger partial charge in [-0.05, 0) is 57.9 Å². The van der Waals surface area contributed by atoms with Crippen molar-refractivity contribution in [1.29, 1.82) is 0 Å². The zero-order valence-electron chi connectivity index (χ0n) is 15.6. The molecule has 1 aliphatic rings. The van der Waals surface area contributed by atoms with E-state index >= 15 is 0 Å². The molecule has 1 atom stereocenters. The monoisotopic (exact) mass is 400 g/mol. The largest absolute Gasteiger partial charge is 0.452 e. The number of esters is 1. The van der Waals surface area contributed by atoms with E-state index in [-0.39, 0.29) is 29.9 Å². The van der Waals surface area contributed by atoms with Gasteiger partial charge in [0.25, 0.3) is 5.91 Å². The first kappa shape index (κ1) is 21.3. The van der Waals surface area contributed by atoms with Crippen LogP contribution in [0.1, 0.15) is 33.6 Å². The molecule has 1 heterocycles. The van der Waals surface area contributed by atoms with Crippen LogP contribution in [0, 0.1) is 11.7 Å². The van der Waals surface area contributed by atoms with E-state index in [2.05, 4.69) is 5.32 Å². The topological polar surface area (TPSA) is 92.8 Å². The fraction of sp³-hybridized carbons (Fsp3) is 0.556. The van der Waals surface area contributed by atoms with Crippen molar-refractivity contribution in [2.24, 2.45) is 5.92 Å². The number of nitrogens with zero attached hydrogens (tertiary/aromatic N) is 1. The number of piperidine rings is 1. The van der Waals surface area contributed by atoms with Gasteiger partial charge in [-0.1, -0.05) is 0 Å². The molecule has 1 unspecified atom stereocenters. The summed E-state index contributed by atoms with van der Waals surface area (Å²) in [4.78, 5) is 24.1. The highest BCUT2D eigenvalue weighted by atomic mass is 32.2. The molecule has 0 spiro atoms. The quantitative estimate of drug-likeness (QED) is 0.734. The molecule has 1 aromatic rings. The van der Waals surface area contributed by atoms with Crippen molar-refractivity contribution in [2.75, 3.05) is 13.1 Å². The van der Waals surface area contributed by atoms with Gasteiger partial charge in [0.05, 0.1) is 10.8 Å². The van der Waals surface area contributed by atoms with Crippen LogP contribution in [0.2, 0.25) is 0 Å². The average molecular weight is 400 g/mol. The van der Waals surface area contributed by atoms with E-state index in [4.69, 9.17) is 4.74 Å². The van der Waals surface area contributed by atoms with Gasteiger partial charge in [0.2, 0.25) is 10.0 Å². The van der Waals surface area contributed by atoms with Crippen LogP contribution >= 0.6 is 0 Å². The summed E-state index contributed by atoms with van der Waals surface area (Å²) in [7, 11) is -3.73. The van der Waals surface area contributed by atoms with Crippen molar-refractivity contribution >= 4 is 21.9 Å². The lowest BCUT2D eigenvalue weighted by molar-refractivity contribution is -0.160. The summed E-state index contributed by atoms with van der Waals surface area (Å²) in [6.45, 7) is 5.44. The van der Waals surface area contributed by atoms with Crippen molar-refractivity contribution in [1.82, 2.24) is 9.62 Å². The first-order valence-electron chi connectivity index (χ1n) is 8.88. The van der Waals surface area contributed by atoms with Gasteiger partial charge in [-0.3, -0.25) is 9.59 Å². The van der Waals surface area contributed by atoms with Gasteiger partial charge < -0.3 is 10.1 Å². The second-order valence-electron chi connectivity index (χ2n) is 6.87. The molecule has 1 aliphatic heterocycles. The summed E-state index contributed by atoms with van der Waals surface area (Å²) in [5.41, 5.74) is 0. The fourth-order valence-electron chi connectivity index (χ4n) is 2.81. The summed E-state index contributed by atoms with van der Waals surface area (Å²) in [6, 6.07) is 4.58. The Morgan fingerprint density at radius 1 is 1.15 bits per heavy atom. The number of rotatable bonds is 6. The maximum absolute atomic E-state index is 13.0. The minimum absolute atomic E-state index is 0.0175. The summed E-state index contributed by atoms with van der Waals surface area (Å²) in [5.74, 6) is -1.83. The van der Waals surface area contributed by atoms with Crippen LogP contribution in [0.15, 0.2) is 29.2 Å². The van der Waals surface area contributed by atoms with Gasteiger partial charge in [0.15, 0.2) is 6.10 Å². The maximum Gasteiger partial charge on any atom is 0.309 e. The highest BCUT2D eigenvalue weighted by molar-refractivity contribution is 7.89. The number of hydrogen-bond donors (Lipinski definition) is 1. The van der Waals surface area contributed by atoms with Gasteiger partial charge in [-0.15, -0.1) is 0 Å². The maximum atomic E-state index is 13.0. The molecule has 7 nitrogen and oxygen atoms in total. The van der Waals surface area contributed by atoms with Gasteiger partial charge >= 0.3 is 5.97 Å². The van der Waals surface area contributed by atoms with Crippen LogP contribution in [0.25, 0.3) is 0 Å². The Balaban J connectivity index is 1.91. The smallest absolute Gasteiger partial charge is 0.309 e. The van der Waals surface area contributed by atoms with Crippen LogP contribution in [0.5, 0.6) is 0 Å². The highest BCUT2D eigenvalue weighted by Gasteiger charge is 2.34. The molecule has 0 aromatic heterocycles. The van der Waals surface area contributed by atoms with Crippen LogP contribution in [0.4, 0.5) is 4.39 Å². The SMILES string of the molecule is CC(C)NC(=O)C(C)OC(=O)C1CCN(S(=O)(=O)c2ccc(F)cc2)CC1. The van der Waals surface area contributed by atoms with Gasteiger partial charge in [0.1, 0.15) is 5.82 Å². The number of benzene rings is 1.